The Morgan fingerprint density at radius 2 is 1.74 bits per heavy atom. The van der Waals surface area contributed by atoms with E-state index in [4.69, 9.17) is 4.74 Å². The van der Waals surface area contributed by atoms with Gasteiger partial charge >= 0.3 is 5.97 Å². The molecule has 0 fully saturated rings. The monoisotopic (exact) mass is 496 g/mol. The first-order valence-corrected chi connectivity index (χ1v) is 11.5. The molecule has 2 N–H and O–H groups in total. The second kappa shape index (κ2) is 10.5. The first kappa shape index (κ1) is 25.6. The van der Waals surface area contributed by atoms with Gasteiger partial charge < -0.3 is 19.9 Å². The highest BCUT2D eigenvalue weighted by Crippen LogP contribution is 2.33. The van der Waals surface area contributed by atoms with Crippen LogP contribution in [-0.2, 0) is 20.9 Å². The van der Waals surface area contributed by atoms with Crippen molar-refractivity contribution in [1.82, 2.24) is 4.57 Å². The molecule has 0 aliphatic carbocycles. The number of nitrogens with zero attached hydrogens (tertiary/aromatic N) is 2. The van der Waals surface area contributed by atoms with Gasteiger partial charge in [-0.3, -0.25) is 9.59 Å². The second-order valence-electron chi connectivity index (χ2n) is 8.05. The van der Waals surface area contributed by atoms with Crippen LogP contribution < -0.4 is 10.6 Å². The van der Waals surface area contributed by atoms with Gasteiger partial charge in [-0.15, -0.1) is 11.3 Å². The number of aryl methyl sites for hydroxylation is 1. The zero-order chi connectivity index (χ0) is 25.9. The number of aromatic nitrogens is 1. The number of esters is 1. The van der Waals surface area contributed by atoms with Crippen molar-refractivity contribution in [3.8, 4) is 6.07 Å². The van der Waals surface area contributed by atoms with Crippen molar-refractivity contribution in [3.05, 3.63) is 68.5 Å². The highest BCUT2D eigenvalue weighted by molar-refractivity contribution is 7.16. The van der Waals surface area contributed by atoms with Gasteiger partial charge in [0, 0.05) is 24.0 Å². The third-order valence-electron chi connectivity index (χ3n) is 5.67. The van der Waals surface area contributed by atoms with Crippen molar-refractivity contribution < 1.29 is 23.5 Å². The van der Waals surface area contributed by atoms with Gasteiger partial charge in [0.1, 0.15) is 22.7 Å². The molecular weight excluding hydrogens is 471 g/mol. The molecule has 0 aliphatic heterocycles. The van der Waals surface area contributed by atoms with Gasteiger partial charge in [0.15, 0.2) is 6.61 Å². The average molecular weight is 497 g/mol. The first-order valence-electron chi connectivity index (χ1n) is 10.7. The summed E-state index contributed by atoms with van der Waals surface area (Å²) in [5.41, 5.74) is 3.41. The lowest BCUT2D eigenvalue weighted by Gasteiger charge is -2.14. The molecule has 2 aromatic heterocycles. The maximum absolute atomic E-state index is 13.3. The second-order valence-corrected chi connectivity index (χ2v) is 9.28. The smallest absolute Gasteiger partial charge is 0.341 e. The van der Waals surface area contributed by atoms with E-state index in [2.05, 4.69) is 16.7 Å². The summed E-state index contributed by atoms with van der Waals surface area (Å²) in [6, 6.07) is 8.04. The lowest BCUT2D eigenvalue weighted by atomic mass is 10.1. The fourth-order valence-corrected chi connectivity index (χ4v) is 4.69. The average Bonchev–Trinajstić information content (AvgIpc) is 3.19. The van der Waals surface area contributed by atoms with Gasteiger partial charge in [0.05, 0.1) is 11.1 Å². The van der Waals surface area contributed by atoms with E-state index in [9.17, 15) is 24.0 Å². The molecular formula is C25H25FN4O4S. The van der Waals surface area contributed by atoms with Gasteiger partial charge in [-0.2, -0.15) is 5.26 Å². The van der Waals surface area contributed by atoms with Crippen molar-refractivity contribution >= 4 is 39.9 Å². The van der Waals surface area contributed by atoms with Gasteiger partial charge in [-0.05, 0) is 56.5 Å². The van der Waals surface area contributed by atoms with E-state index in [1.807, 2.05) is 13.8 Å². The number of carbonyl (C=O) groups is 3. The molecule has 0 saturated carbocycles. The molecule has 182 valence electrons. The van der Waals surface area contributed by atoms with Crippen LogP contribution in [0, 0.1) is 44.8 Å². The normalized spacial score (nSPS) is 10.5. The lowest BCUT2D eigenvalue weighted by molar-refractivity contribution is -0.119. The summed E-state index contributed by atoms with van der Waals surface area (Å²) >= 11 is 1.25. The number of nitriles is 1. The van der Waals surface area contributed by atoms with Crippen LogP contribution in [0.3, 0.4) is 0 Å². The molecule has 0 aliphatic rings. The minimum atomic E-state index is -0.736. The van der Waals surface area contributed by atoms with Crippen LogP contribution in [-0.4, -0.2) is 29.0 Å². The Bertz CT molecular complexity index is 1350. The number of nitrogens with one attached hydrogen (secondary N) is 2. The molecule has 0 bridgehead atoms. The minimum absolute atomic E-state index is 0.208. The summed E-state index contributed by atoms with van der Waals surface area (Å²) in [5.74, 6) is -1.78. The third kappa shape index (κ3) is 5.58. The first-order chi connectivity index (χ1) is 16.5. The van der Waals surface area contributed by atoms with Crippen molar-refractivity contribution in [3.63, 3.8) is 0 Å². The largest absolute Gasteiger partial charge is 0.452 e. The predicted octanol–water partition coefficient (Wildman–Crippen LogP) is 4.60. The number of hydrogen-bond donors (Lipinski definition) is 2. The minimum Gasteiger partial charge on any atom is -0.452 e. The lowest BCUT2D eigenvalue weighted by Crippen LogP contribution is -2.23. The van der Waals surface area contributed by atoms with Crippen molar-refractivity contribution in [2.24, 2.45) is 0 Å². The number of halogens is 1. The number of anilines is 2. The van der Waals surface area contributed by atoms with Gasteiger partial charge in [-0.25, -0.2) is 9.18 Å². The van der Waals surface area contributed by atoms with E-state index >= 15 is 0 Å². The molecule has 0 unspecified atom stereocenters. The number of carbonyl (C=O) groups excluding carboxylic acids is 3. The molecule has 0 atom stereocenters. The highest BCUT2D eigenvalue weighted by atomic mass is 32.1. The summed E-state index contributed by atoms with van der Waals surface area (Å²) in [5, 5.41) is 15.3. The Morgan fingerprint density at radius 3 is 2.34 bits per heavy atom. The van der Waals surface area contributed by atoms with Gasteiger partial charge in [0.2, 0.25) is 5.91 Å². The van der Waals surface area contributed by atoms with E-state index in [-0.39, 0.29) is 23.1 Å². The maximum Gasteiger partial charge on any atom is 0.341 e. The molecule has 0 saturated heterocycles. The SMILES string of the molecule is CC(=O)Nc1sc(C)c(C)c1C(=O)OCC(=O)Nc1c(C#N)c(C)c(C)n1Cc1ccc(F)cc1. The Morgan fingerprint density at radius 1 is 1.09 bits per heavy atom. The number of ether oxygens (including phenoxy) is 1. The molecule has 8 nitrogen and oxygen atoms in total. The maximum atomic E-state index is 13.3. The molecule has 0 radical (unpaired) electrons. The van der Waals surface area contributed by atoms with E-state index < -0.39 is 18.5 Å². The van der Waals surface area contributed by atoms with Crippen LogP contribution >= 0.6 is 11.3 Å². The quantitative estimate of drug-likeness (QED) is 0.464. The number of hydrogen-bond acceptors (Lipinski definition) is 6. The van der Waals surface area contributed by atoms with Crippen LogP contribution in [0.1, 0.15) is 50.1 Å². The predicted molar refractivity (Wildman–Crippen MR) is 131 cm³/mol. The summed E-state index contributed by atoms with van der Waals surface area (Å²) < 4.78 is 20.3. The van der Waals surface area contributed by atoms with Crippen molar-refractivity contribution in [2.75, 3.05) is 17.2 Å². The molecule has 3 rings (SSSR count). The Kier molecular flexibility index (Phi) is 7.71. The fourth-order valence-electron chi connectivity index (χ4n) is 3.59. The Hall–Kier alpha value is -3.97. The summed E-state index contributed by atoms with van der Waals surface area (Å²) in [7, 11) is 0. The summed E-state index contributed by atoms with van der Waals surface area (Å²) in [4.78, 5) is 37.8. The van der Waals surface area contributed by atoms with Crippen LogP contribution in [0.25, 0.3) is 0 Å². The van der Waals surface area contributed by atoms with Crippen LogP contribution in [0.5, 0.6) is 0 Å². The molecule has 35 heavy (non-hydrogen) atoms. The Labute approximate surface area is 206 Å². The van der Waals surface area contributed by atoms with E-state index in [0.29, 0.717) is 28.2 Å². The van der Waals surface area contributed by atoms with E-state index in [1.54, 1.807) is 30.5 Å². The fraction of sp³-hybridized carbons (Fsp3) is 0.280. The third-order valence-corrected chi connectivity index (χ3v) is 6.79. The number of amides is 2. The van der Waals surface area contributed by atoms with Crippen molar-refractivity contribution in [1.29, 1.82) is 5.26 Å². The van der Waals surface area contributed by atoms with E-state index in [1.165, 1.54) is 30.4 Å². The van der Waals surface area contributed by atoms with Gasteiger partial charge in [-0.1, -0.05) is 12.1 Å². The van der Waals surface area contributed by atoms with E-state index in [0.717, 1.165) is 16.1 Å². The number of rotatable bonds is 7. The molecule has 0 spiro atoms. The topological polar surface area (TPSA) is 113 Å². The van der Waals surface area contributed by atoms with Gasteiger partial charge in [0.25, 0.3) is 5.91 Å². The molecule has 1 aromatic carbocycles. The van der Waals surface area contributed by atoms with Crippen LogP contribution in [0.15, 0.2) is 24.3 Å². The highest BCUT2D eigenvalue weighted by Gasteiger charge is 2.24. The zero-order valence-corrected chi connectivity index (χ0v) is 20.9. The summed E-state index contributed by atoms with van der Waals surface area (Å²) in [6.07, 6.45) is 0. The number of benzene rings is 1. The molecule has 10 heteroatoms. The van der Waals surface area contributed by atoms with Crippen LogP contribution in [0.2, 0.25) is 0 Å². The summed E-state index contributed by atoms with van der Waals surface area (Å²) in [6.45, 7) is 8.20. The molecule has 2 heterocycles. The Balaban J connectivity index is 1.79. The standard InChI is InChI=1S/C25H25FN4O4S/c1-13-15(3)30(11-18-6-8-19(26)9-7-18)23(20(13)10-27)29-21(32)12-34-25(33)22-14(2)16(4)35-24(22)28-17(5)31/h6-9H,11-12H2,1-5H3,(H,28,31)(H,29,32). The van der Waals surface area contributed by atoms with Crippen molar-refractivity contribution in [2.45, 2.75) is 41.2 Å². The molecule has 3 aromatic rings. The zero-order valence-electron chi connectivity index (χ0n) is 20.0. The molecule has 2 amide bonds. The van der Waals surface area contributed by atoms with Crippen LogP contribution in [0.4, 0.5) is 15.2 Å². The number of thiophene rings is 1.